The summed E-state index contributed by atoms with van der Waals surface area (Å²) < 4.78 is 39.2. The molecular formula is C17H20FN3O4S. The van der Waals surface area contributed by atoms with Gasteiger partial charge < -0.3 is 5.32 Å². The van der Waals surface area contributed by atoms with E-state index in [9.17, 15) is 22.9 Å². The van der Waals surface area contributed by atoms with Crippen LogP contribution in [-0.2, 0) is 16.6 Å². The molecule has 26 heavy (non-hydrogen) atoms. The van der Waals surface area contributed by atoms with Crippen LogP contribution in [-0.4, -0.2) is 30.7 Å². The number of anilines is 1. The van der Waals surface area contributed by atoms with Crippen LogP contribution in [0.5, 0.6) is 0 Å². The van der Waals surface area contributed by atoms with Gasteiger partial charge in [-0.25, -0.2) is 12.8 Å². The average molecular weight is 381 g/mol. The first-order valence-corrected chi connectivity index (χ1v) is 9.50. The lowest BCUT2D eigenvalue weighted by Crippen LogP contribution is -2.30. The SMILES string of the molecule is CCN(CC)S(=O)(=O)c1ccc(NCc2ccc(F)cc2)c([N+](=O)[O-])c1. The maximum Gasteiger partial charge on any atom is 0.293 e. The molecule has 0 radical (unpaired) electrons. The molecule has 0 aliphatic rings. The van der Waals surface area contributed by atoms with Crippen LogP contribution in [0, 0.1) is 15.9 Å². The number of nitrogens with zero attached hydrogens (tertiary/aromatic N) is 2. The van der Waals surface area contributed by atoms with E-state index in [0.717, 1.165) is 11.6 Å². The Labute approximate surface area is 151 Å². The Morgan fingerprint density at radius 3 is 2.27 bits per heavy atom. The number of benzene rings is 2. The minimum Gasteiger partial charge on any atom is -0.375 e. The molecule has 0 bridgehead atoms. The summed E-state index contributed by atoms with van der Waals surface area (Å²) in [6.07, 6.45) is 0. The first-order valence-electron chi connectivity index (χ1n) is 8.06. The van der Waals surface area contributed by atoms with Crippen LogP contribution in [0.4, 0.5) is 15.8 Å². The molecule has 0 aromatic heterocycles. The fraction of sp³-hybridized carbons (Fsp3) is 0.294. The molecule has 2 rings (SSSR count). The van der Waals surface area contributed by atoms with E-state index in [0.29, 0.717) is 0 Å². The van der Waals surface area contributed by atoms with E-state index in [-0.39, 0.29) is 41.7 Å². The first-order chi connectivity index (χ1) is 12.3. The lowest BCUT2D eigenvalue weighted by atomic mass is 10.2. The second kappa shape index (κ2) is 8.24. The van der Waals surface area contributed by atoms with Crippen LogP contribution in [0.2, 0.25) is 0 Å². The van der Waals surface area contributed by atoms with Gasteiger partial charge in [-0.2, -0.15) is 4.31 Å². The van der Waals surface area contributed by atoms with E-state index >= 15 is 0 Å². The molecule has 0 unspecified atom stereocenters. The van der Waals surface area contributed by atoms with Gasteiger partial charge in [-0.05, 0) is 29.8 Å². The highest BCUT2D eigenvalue weighted by Crippen LogP contribution is 2.29. The fourth-order valence-electron chi connectivity index (χ4n) is 2.48. The minimum atomic E-state index is -3.79. The van der Waals surface area contributed by atoms with E-state index in [1.165, 1.54) is 28.6 Å². The van der Waals surface area contributed by atoms with Gasteiger partial charge in [0.15, 0.2) is 0 Å². The number of hydrogen-bond acceptors (Lipinski definition) is 5. The Hall–Kier alpha value is -2.52. The third-order valence-electron chi connectivity index (χ3n) is 3.91. The quantitative estimate of drug-likeness (QED) is 0.559. The van der Waals surface area contributed by atoms with Crippen LogP contribution in [0.3, 0.4) is 0 Å². The molecule has 0 fully saturated rings. The lowest BCUT2D eigenvalue weighted by Gasteiger charge is -2.18. The van der Waals surface area contributed by atoms with Gasteiger partial charge in [0.2, 0.25) is 10.0 Å². The van der Waals surface area contributed by atoms with Crippen molar-refractivity contribution < 1.29 is 17.7 Å². The molecule has 9 heteroatoms. The Bertz CT molecular complexity index is 881. The summed E-state index contributed by atoms with van der Waals surface area (Å²) in [6, 6.07) is 9.49. The van der Waals surface area contributed by atoms with Gasteiger partial charge in [-0.3, -0.25) is 10.1 Å². The van der Waals surface area contributed by atoms with Crippen LogP contribution in [0.25, 0.3) is 0 Å². The zero-order chi connectivity index (χ0) is 19.3. The number of nitrogens with one attached hydrogen (secondary N) is 1. The number of nitro groups is 1. The maximum absolute atomic E-state index is 12.9. The molecule has 140 valence electrons. The summed E-state index contributed by atoms with van der Waals surface area (Å²) in [5, 5.41) is 14.3. The largest absolute Gasteiger partial charge is 0.375 e. The number of nitro benzene ring substituents is 1. The lowest BCUT2D eigenvalue weighted by molar-refractivity contribution is -0.384. The molecule has 2 aromatic rings. The van der Waals surface area contributed by atoms with Gasteiger partial charge in [0, 0.05) is 25.7 Å². The second-order valence-corrected chi connectivity index (χ2v) is 7.44. The molecule has 1 N–H and O–H groups in total. The molecular weight excluding hydrogens is 361 g/mol. The van der Waals surface area contributed by atoms with Gasteiger partial charge in [0.1, 0.15) is 11.5 Å². The first kappa shape index (κ1) is 19.8. The topological polar surface area (TPSA) is 92.6 Å². The summed E-state index contributed by atoms with van der Waals surface area (Å²) in [5.41, 5.74) is 0.596. The van der Waals surface area contributed by atoms with Crippen molar-refractivity contribution in [1.82, 2.24) is 4.31 Å². The number of hydrogen-bond donors (Lipinski definition) is 1. The third-order valence-corrected chi connectivity index (χ3v) is 5.95. The maximum atomic E-state index is 12.9. The number of sulfonamides is 1. The van der Waals surface area contributed by atoms with Gasteiger partial charge in [-0.15, -0.1) is 0 Å². The van der Waals surface area contributed by atoms with E-state index in [1.54, 1.807) is 26.0 Å². The van der Waals surface area contributed by atoms with Crippen LogP contribution in [0.15, 0.2) is 47.4 Å². The van der Waals surface area contributed by atoms with E-state index in [2.05, 4.69) is 5.32 Å². The van der Waals surface area contributed by atoms with Crippen molar-refractivity contribution in [2.45, 2.75) is 25.3 Å². The Balaban J connectivity index is 2.31. The van der Waals surface area contributed by atoms with Crippen molar-refractivity contribution in [3.8, 4) is 0 Å². The van der Waals surface area contributed by atoms with Crippen molar-refractivity contribution in [2.24, 2.45) is 0 Å². The molecule has 0 amide bonds. The molecule has 7 nitrogen and oxygen atoms in total. The fourth-order valence-corrected chi connectivity index (χ4v) is 3.96. The van der Waals surface area contributed by atoms with Crippen LogP contribution in [0.1, 0.15) is 19.4 Å². The van der Waals surface area contributed by atoms with Gasteiger partial charge in [0.05, 0.1) is 9.82 Å². The monoisotopic (exact) mass is 381 g/mol. The third kappa shape index (κ3) is 4.36. The molecule has 0 spiro atoms. The van der Waals surface area contributed by atoms with Crippen molar-refractivity contribution in [1.29, 1.82) is 0 Å². The summed E-state index contributed by atoms with van der Waals surface area (Å²) in [5.74, 6) is -0.370. The minimum absolute atomic E-state index is 0.125. The smallest absolute Gasteiger partial charge is 0.293 e. The number of rotatable bonds is 8. The van der Waals surface area contributed by atoms with E-state index in [1.807, 2.05) is 0 Å². The predicted molar refractivity (Wildman–Crippen MR) is 96.9 cm³/mol. The summed E-state index contributed by atoms with van der Waals surface area (Å²) in [7, 11) is -3.79. The van der Waals surface area contributed by atoms with Crippen molar-refractivity contribution >= 4 is 21.4 Å². The molecule has 0 heterocycles. The molecule has 0 saturated heterocycles. The average Bonchev–Trinajstić information content (AvgIpc) is 2.61. The summed E-state index contributed by atoms with van der Waals surface area (Å²) in [6.45, 7) is 4.19. The second-order valence-electron chi connectivity index (χ2n) is 5.51. The van der Waals surface area contributed by atoms with Gasteiger partial charge in [-0.1, -0.05) is 26.0 Å². The zero-order valence-corrected chi connectivity index (χ0v) is 15.3. The molecule has 0 atom stereocenters. The Morgan fingerprint density at radius 2 is 1.73 bits per heavy atom. The van der Waals surface area contributed by atoms with E-state index < -0.39 is 14.9 Å². The van der Waals surface area contributed by atoms with Crippen molar-refractivity contribution in [3.63, 3.8) is 0 Å². The zero-order valence-electron chi connectivity index (χ0n) is 14.5. The van der Waals surface area contributed by atoms with Crippen LogP contribution < -0.4 is 5.32 Å². The number of halogens is 1. The molecule has 0 saturated carbocycles. The predicted octanol–water partition coefficient (Wildman–Crippen LogP) is 3.38. The molecule has 0 aliphatic carbocycles. The van der Waals surface area contributed by atoms with Crippen molar-refractivity contribution in [3.05, 3.63) is 64.0 Å². The summed E-state index contributed by atoms with van der Waals surface area (Å²) in [4.78, 5) is 10.6. The Morgan fingerprint density at radius 1 is 1.12 bits per heavy atom. The highest BCUT2D eigenvalue weighted by molar-refractivity contribution is 7.89. The van der Waals surface area contributed by atoms with Crippen molar-refractivity contribution in [2.75, 3.05) is 18.4 Å². The molecule has 2 aromatic carbocycles. The molecule has 0 aliphatic heterocycles. The Kier molecular flexibility index (Phi) is 6.27. The van der Waals surface area contributed by atoms with E-state index in [4.69, 9.17) is 0 Å². The highest BCUT2D eigenvalue weighted by Gasteiger charge is 2.25. The van der Waals surface area contributed by atoms with Gasteiger partial charge >= 0.3 is 0 Å². The van der Waals surface area contributed by atoms with Crippen LogP contribution >= 0.6 is 0 Å². The highest BCUT2D eigenvalue weighted by atomic mass is 32.2. The standard InChI is InChI=1S/C17H20FN3O4S/c1-3-20(4-2)26(24,25)15-9-10-16(17(11-15)21(22)23)19-12-13-5-7-14(18)8-6-13/h5-11,19H,3-4,12H2,1-2H3. The summed E-state index contributed by atoms with van der Waals surface area (Å²) >= 11 is 0. The van der Waals surface area contributed by atoms with Gasteiger partial charge in [0.25, 0.3) is 5.69 Å². The normalized spacial score (nSPS) is 11.5.